The van der Waals surface area contributed by atoms with Gasteiger partial charge in [0, 0.05) is 30.5 Å². The largest absolute Gasteiger partial charge is 0.393 e. The van der Waals surface area contributed by atoms with Crippen LogP contribution in [0.15, 0.2) is 19.0 Å². The summed E-state index contributed by atoms with van der Waals surface area (Å²) in [6, 6.07) is 0.303. The van der Waals surface area contributed by atoms with Crippen molar-refractivity contribution in [1.82, 2.24) is 15.1 Å². The molecule has 2 unspecified atom stereocenters. The second-order valence-corrected chi connectivity index (χ2v) is 3.88. The molecule has 1 rings (SSSR count). The first-order valence-corrected chi connectivity index (χ1v) is 5.19. The van der Waals surface area contributed by atoms with Crippen molar-refractivity contribution >= 4 is 6.20 Å². The Balaban J connectivity index is 2.33. The molecule has 84 valence electrons. The normalized spacial score (nSPS) is 14.9. The molecule has 0 radical (unpaired) electrons. The summed E-state index contributed by atoms with van der Waals surface area (Å²) < 4.78 is 1.68. The molecule has 4 nitrogen and oxygen atoms in total. The van der Waals surface area contributed by atoms with E-state index in [0.29, 0.717) is 6.04 Å². The number of hydrogen-bond donors (Lipinski definition) is 2. The van der Waals surface area contributed by atoms with Gasteiger partial charge in [-0.15, -0.1) is 0 Å². The van der Waals surface area contributed by atoms with E-state index >= 15 is 0 Å². The van der Waals surface area contributed by atoms with Gasteiger partial charge in [0.2, 0.25) is 0 Å². The number of rotatable bonds is 6. The highest BCUT2D eigenvalue weighted by Gasteiger charge is 2.05. The van der Waals surface area contributed by atoms with Crippen LogP contribution in [-0.4, -0.2) is 27.0 Å². The van der Waals surface area contributed by atoms with E-state index < -0.39 is 0 Å². The summed E-state index contributed by atoms with van der Waals surface area (Å²) in [7, 11) is 0. The average Bonchev–Trinajstić information content (AvgIpc) is 2.61. The molecule has 0 aliphatic carbocycles. The molecule has 0 bridgehead atoms. The average molecular weight is 209 g/mol. The maximum absolute atomic E-state index is 9.19. The van der Waals surface area contributed by atoms with Gasteiger partial charge >= 0.3 is 0 Å². The number of nitrogens with zero attached hydrogens (tertiary/aromatic N) is 2. The lowest BCUT2D eigenvalue weighted by molar-refractivity contribution is 0.170. The Morgan fingerprint density at radius 1 is 1.67 bits per heavy atom. The molecule has 1 aromatic heterocycles. The van der Waals surface area contributed by atoms with Crippen LogP contribution < -0.4 is 5.32 Å². The Morgan fingerprint density at radius 2 is 2.40 bits per heavy atom. The third kappa shape index (κ3) is 4.27. The second kappa shape index (κ2) is 5.68. The van der Waals surface area contributed by atoms with Crippen LogP contribution in [0.2, 0.25) is 0 Å². The topological polar surface area (TPSA) is 50.1 Å². The van der Waals surface area contributed by atoms with Crippen LogP contribution in [-0.2, 0) is 6.54 Å². The van der Waals surface area contributed by atoms with Gasteiger partial charge in [0.15, 0.2) is 0 Å². The molecule has 1 heterocycles. The van der Waals surface area contributed by atoms with Crippen molar-refractivity contribution in [3.63, 3.8) is 0 Å². The lowest BCUT2D eigenvalue weighted by Gasteiger charge is -2.14. The van der Waals surface area contributed by atoms with E-state index in [1.165, 1.54) is 0 Å². The predicted octanol–water partition coefficient (Wildman–Crippen LogP) is 1.23. The highest BCUT2D eigenvalue weighted by atomic mass is 16.3. The van der Waals surface area contributed by atoms with Gasteiger partial charge in [-0.25, -0.2) is 4.68 Å². The third-order valence-electron chi connectivity index (χ3n) is 2.19. The quantitative estimate of drug-likeness (QED) is 0.741. The van der Waals surface area contributed by atoms with Crippen LogP contribution in [0.4, 0.5) is 0 Å². The second-order valence-electron chi connectivity index (χ2n) is 3.88. The van der Waals surface area contributed by atoms with Gasteiger partial charge in [0.1, 0.15) is 0 Å². The minimum Gasteiger partial charge on any atom is -0.393 e. The van der Waals surface area contributed by atoms with Crippen molar-refractivity contribution in [2.75, 3.05) is 0 Å². The highest BCUT2D eigenvalue weighted by Crippen LogP contribution is 2.01. The minimum absolute atomic E-state index is 0.261. The van der Waals surface area contributed by atoms with E-state index in [1.807, 2.05) is 12.4 Å². The van der Waals surface area contributed by atoms with Gasteiger partial charge in [-0.05, 0) is 20.3 Å². The molecular weight excluding hydrogens is 190 g/mol. The molecule has 4 heteroatoms. The van der Waals surface area contributed by atoms with Crippen LogP contribution in [0, 0.1) is 0 Å². The monoisotopic (exact) mass is 209 g/mol. The molecule has 1 aromatic rings. The lowest BCUT2D eigenvalue weighted by atomic mass is 10.1. The molecule has 0 spiro atoms. The summed E-state index contributed by atoms with van der Waals surface area (Å²) in [5, 5.41) is 16.6. The molecule has 0 saturated carbocycles. The van der Waals surface area contributed by atoms with Crippen molar-refractivity contribution in [2.24, 2.45) is 0 Å². The fraction of sp³-hybridized carbons (Fsp3) is 0.545. The number of aliphatic hydroxyl groups is 1. The Hall–Kier alpha value is -1.13. The summed E-state index contributed by atoms with van der Waals surface area (Å²) in [6.45, 7) is 8.25. The summed E-state index contributed by atoms with van der Waals surface area (Å²) in [4.78, 5) is 0. The van der Waals surface area contributed by atoms with Crippen molar-refractivity contribution in [3.05, 3.63) is 24.5 Å². The van der Waals surface area contributed by atoms with Crippen molar-refractivity contribution in [2.45, 2.75) is 39.0 Å². The Bertz CT molecular complexity index is 307. The van der Waals surface area contributed by atoms with Crippen LogP contribution in [0.3, 0.4) is 0 Å². The Morgan fingerprint density at radius 3 is 2.93 bits per heavy atom. The van der Waals surface area contributed by atoms with Gasteiger partial charge in [-0.2, -0.15) is 5.10 Å². The fourth-order valence-corrected chi connectivity index (χ4v) is 1.46. The van der Waals surface area contributed by atoms with E-state index in [2.05, 4.69) is 23.9 Å². The zero-order valence-electron chi connectivity index (χ0n) is 9.35. The molecule has 0 aliphatic heterocycles. The number of nitrogens with one attached hydrogen (secondary N) is 1. The van der Waals surface area contributed by atoms with Crippen LogP contribution in [0.1, 0.15) is 25.8 Å². The molecule has 0 fully saturated rings. The molecule has 0 aliphatic rings. The molecule has 15 heavy (non-hydrogen) atoms. The molecular formula is C11H19N3O. The van der Waals surface area contributed by atoms with Gasteiger partial charge in [-0.1, -0.05) is 6.58 Å². The molecule has 2 N–H and O–H groups in total. The smallest absolute Gasteiger partial charge is 0.0538 e. The summed E-state index contributed by atoms with van der Waals surface area (Å²) >= 11 is 0. The predicted molar refractivity (Wildman–Crippen MR) is 61.2 cm³/mol. The van der Waals surface area contributed by atoms with Crippen LogP contribution in [0.25, 0.3) is 6.20 Å². The zero-order chi connectivity index (χ0) is 11.3. The van der Waals surface area contributed by atoms with Gasteiger partial charge < -0.3 is 10.4 Å². The molecule has 0 aromatic carbocycles. The first-order chi connectivity index (χ1) is 7.11. The summed E-state index contributed by atoms with van der Waals surface area (Å²) in [6.07, 6.45) is 5.89. The molecule has 0 amide bonds. The number of hydrogen-bond acceptors (Lipinski definition) is 3. The Kier molecular flexibility index (Phi) is 4.52. The fourth-order valence-electron chi connectivity index (χ4n) is 1.46. The van der Waals surface area contributed by atoms with Gasteiger partial charge in [0.25, 0.3) is 0 Å². The molecule has 2 atom stereocenters. The first-order valence-electron chi connectivity index (χ1n) is 5.19. The maximum Gasteiger partial charge on any atom is 0.0538 e. The van der Waals surface area contributed by atoms with Crippen molar-refractivity contribution in [3.8, 4) is 0 Å². The number of aliphatic hydroxyl groups excluding tert-OH is 1. The third-order valence-corrected chi connectivity index (χ3v) is 2.19. The van der Waals surface area contributed by atoms with Crippen LogP contribution >= 0.6 is 0 Å². The van der Waals surface area contributed by atoms with E-state index in [1.54, 1.807) is 17.8 Å². The van der Waals surface area contributed by atoms with Crippen LogP contribution in [0.5, 0.6) is 0 Å². The van der Waals surface area contributed by atoms with E-state index in [9.17, 15) is 5.11 Å². The molecule has 0 saturated heterocycles. The summed E-state index contributed by atoms with van der Waals surface area (Å²) in [5.41, 5.74) is 1.12. The standard InChI is InChI=1S/C11H19N3O/c1-4-14-8-11(7-13-14)6-12-9(2)5-10(3)15/h4,7-10,12,15H,1,5-6H2,2-3H3. The summed E-state index contributed by atoms with van der Waals surface area (Å²) in [5.74, 6) is 0. The van der Waals surface area contributed by atoms with E-state index in [0.717, 1.165) is 18.5 Å². The van der Waals surface area contributed by atoms with Crippen molar-refractivity contribution < 1.29 is 5.11 Å². The van der Waals surface area contributed by atoms with Gasteiger partial charge in [0.05, 0.1) is 12.3 Å². The van der Waals surface area contributed by atoms with Gasteiger partial charge in [-0.3, -0.25) is 0 Å². The lowest BCUT2D eigenvalue weighted by Crippen LogP contribution is -2.28. The highest BCUT2D eigenvalue weighted by molar-refractivity contribution is 5.17. The number of aromatic nitrogens is 2. The van der Waals surface area contributed by atoms with E-state index in [-0.39, 0.29) is 6.10 Å². The minimum atomic E-state index is -0.261. The maximum atomic E-state index is 9.19. The SMILES string of the molecule is C=Cn1cc(CNC(C)CC(C)O)cn1. The van der Waals surface area contributed by atoms with E-state index in [4.69, 9.17) is 0 Å². The van der Waals surface area contributed by atoms with Crippen molar-refractivity contribution in [1.29, 1.82) is 0 Å². The Labute approximate surface area is 90.6 Å². The first kappa shape index (κ1) is 11.9. The zero-order valence-corrected chi connectivity index (χ0v) is 9.35.